The van der Waals surface area contributed by atoms with Crippen LogP contribution in [0.5, 0.6) is 0 Å². The first-order valence-electron chi connectivity index (χ1n) is 5.54. The van der Waals surface area contributed by atoms with Gasteiger partial charge >= 0.3 is 12.1 Å². The van der Waals surface area contributed by atoms with Crippen LogP contribution in [0, 0.1) is 5.92 Å². The zero-order valence-corrected chi connectivity index (χ0v) is 9.61. The highest BCUT2D eigenvalue weighted by molar-refractivity contribution is 5.86. The Morgan fingerprint density at radius 2 is 2.06 bits per heavy atom. The van der Waals surface area contributed by atoms with Gasteiger partial charge in [-0.05, 0) is 12.8 Å². The average Bonchev–Trinajstić information content (AvgIpc) is 2.26. The molecule has 2 atom stereocenters. The van der Waals surface area contributed by atoms with E-state index in [0.717, 1.165) is 4.90 Å². The standard InChI is InChI=1S/C10H15F3N2O3/c11-10(12,13)6-2-1-3-15(5-6)9(18)7(14)4-8(16)17/h6-7H,1-5,14H2,(H,16,17). The number of carboxylic acid groups (broad SMARTS) is 1. The molecule has 104 valence electrons. The maximum absolute atomic E-state index is 12.5. The minimum Gasteiger partial charge on any atom is -0.481 e. The monoisotopic (exact) mass is 268 g/mol. The van der Waals surface area contributed by atoms with Crippen LogP contribution in [0.2, 0.25) is 0 Å². The van der Waals surface area contributed by atoms with Gasteiger partial charge in [0.15, 0.2) is 0 Å². The van der Waals surface area contributed by atoms with Crippen LogP contribution in [-0.4, -0.2) is 47.2 Å². The first-order chi connectivity index (χ1) is 8.21. The normalized spacial score (nSPS) is 22.7. The lowest BCUT2D eigenvalue weighted by Gasteiger charge is -2.34. The lowest BCUT2D eigenvalue weighted by molar-refractivity contribution is -0.188. The molecule has 1 amide bonds. The first-order valence-corrected chi connectivity index (χ1v) is 5.54. The number of nitrogens with two attached hydrogens (primary N) is 1. The summed E-state index contributed by atoms with van der Waals surface area (Å²) in [5.74, 6) is -3.53. The van der Waals surface area contributed by atoms with Gasteiger partial charge in [-0.25, -0.2) is 0 Å². The highest BCUT2D eigenvalue weighted by Gasteiger charge is 2.43. The molecule has 1 rings (SSSR count). The number of hydrogen-bond acceptors (Lipinski definition) is 3. The SMILES string of the molecule is NC(CC(=O)O)C(=O)N1CCCC(C(F)(F)F)C1. The van der Waals surface area contributed by atoms with Crippen LogP contribution in [0.25, 0.3) is 0 Å². The fourth-order valence-corrected chi connectivity index (χ4v) is 1.95. The second-order valence-corrected chi connectivity index (χ2v) is 4.37. The molecule has 0 spiro atoms. The second kappa shape index (κ2) is 5.55. The minimum atomic E-state index is -4.34. The van der Waals surface area contributed by atoms with E-state index in [2.05, 4.69) is 0 Å². The Hall–Kier alpha value is -1.31. The predicted octanol–water partition coefficient (Wildman–Crippen LogP) is 0.589. The molecule has 1 heterocycles. The summed E-state index contributed by atoms with van der Waals surface area (Å²) in [4.78, 5) is 23.1. The first kappa shape index (κ1) is 14.7. The summed E-state index contributed by atoms with van der Waals surface area (Å²) in [5, 5.41) is 8.48. The summed E-state index contributed by atoms with van der Waals surface area (Å²) in [7, 11) is 0. The Balaban J connectivity index is 2.61. The van der Waals surface area contributed by atoms with Gasteiger partial charge in [-0.15, -0.1) is 0 Å². The third kappa shape index (κ3) is 3.86. The van der Waals surface area contributed by atoms with Crippen LogP contribution in [0.4, 0.5) is 13.2 Å². The van der Waals surface area contributed by atoms with E-state index in [1.807, 2.05) is 0 Å². The fraction of sp³-hybridized carbons (Fsp3) is 0.800. The summed E-state index contributed by atoms with van der Waals surface area (Å²) in [6.07, 6.45) is -4.68. The lowest BCUT2D eigenvalue weighted by Crippen LogP contribution is -2.50. The number of rotatable bonds is 3. The number of likely N-dealkylation sites (tertiary alicyclic amines) is 1. The van der Waals surface area contributed by atoms with Crippen LogP contribution >= 0.6 is 0 Å². The van der Waals surface area contributed by atoms with Crippen LogP contribution in [0.3, 0.4) is 0 Å². The van der Waals surface area contributed by atoms with Gasteiger partial charge in [0, 0.05) is 13.1 Å². The van der Waals surface area contributed by atoms with Gasteiger partial charge in [-0.1, -0.05) is 0 Å². The quantitative estimate of drug-likeness (QED) is 0.784. The van der Waals surface area contributed by atoms with Crippen molar-refractivity contribution in [1.29, 1.82) is 0 Å². The number of nitrogens with zero attached hydrogens (tertiary/aromatic N) is 1. The second-order valence-electron chi connectivity index (χ2n) is 4.37. The number of carbonyl (C=O) groups is 2. The number of amides is 1. The Kier molecular flexibility index (Phi) is 4.55. The molecule has 0 aromatic carbocycles. The zero-order chi connectivity index (χ0) is 13.9. The van der Waals surface area contributed by atoms with E-state index in [1.165, 1.54) is 0 Å². The predicted molar refractivity (Wildman–Crippen MR) is 55.6 cm³/mol. The molecule has 1 aliphatic heterocycles. The van der Waals surface area contributed by atoms with Crippen LogP contribution < -0.4 is 5.73 Å². The van der Waals surface area contributed by atoms with Gasteiger partial charge in [0.25, 0.3) is 0 Å². The molecule has 0 saturated carbocycles. The molecule has 18 heavy (non-hydrogen) atoms. The Labute approximate surface area is 102 Å². The van der Waals surface area contributed by atoms with Crippen molar-refractivity contribution in [3.05, 3.63) is 0 Å². The van der Waals surface area contributed by atoms with Gasteiger partial charge < -0.3 is 15.7 Å². The summed E-state index contributed by atoms with van der Waals surface area (Å²) in [6, 6.07) is -1.28. The van der Waals surface area contributed by atoms with E-state index < -0.39 is 43.0 Å². The van der Waals surface area contributed by atoms with E-state index in [4.69, 9.17) is 10.8 Å². The fourth-order valence-electron chi connectivity index (χ4n) is 1.95. The molecule has 1 aliphatic rings. The van der Waals surface area contributed by atoms with Crippen LogP contribution in [-0.2, 0) is 9.59 Å². The summed E-state index contributed by atoms with van der Waals surface area (Å²) < 4.78 is 37.6. The third-order valence-electron chi connectivity index (χ3n) is 2.91. The van der Waals surface area contributed by atoms with Crippen molar-refractivity contribution in [2.75, 3.05) is 13.1 Å². The molecule has 1 fully saturated rings. The summed E-state index contributed by atoms with van der Waals surface area (Å²) >= 11 is 0. The molecular weight excluding hydrogens is 253 g/mol. The van der Waals surface area contributed by atoms with E-state index in [9.17, 15) is 22.8 Å². The molecule has 2 unspecified atom stereocenters. The maximum atomic E-state index is 12.5. The number of carbonyl (C=O) groups excluding carboxylic acids is 1. The molecule has 0 aliphatic carbocycles. The highest BCUT2D eigenvalue weighted by atomic mass is 19.4. The van der Waals surface area contributed by atoms with Gasteiger partial charge in [-0.3, -0.25) is 9.59 Å². The molecule has 0 aromatic rings. The van der Waals surface area contributed by atoms with Crippen molar-refractivity contribution in [1.82, 2.24) is 4.90 Å². The molecule has 1 saturated heterocycles. The molecule has 8 heteroatoms. The van der Waals surface area contributed by atoms with Gasteiger partial charge in [0.1, 0.15) is 0 Å². The van der Waals surface area contributed by atoms with Crippen LogP contribution in [0.1, 0.15) is 19.3 Å². The van der Waals surface area contributed by atoms with Crippen molar-refractivity contribution in [3.8, 4) is 0 Å². The number of hydrogen-bond donors (Lipinski definition) is 2. The van der Waals surface area contributed by atoms with Gasteiger partial charge in [0.05, 0.1) is 18.4 Å². The molecule has 0 bridgehead atoms. The van der Waals surface area contributed by atoms with Crippen molar-refractivity contribution >= 4 is 11.9 Å². The largest absolute Gasteiger partial charge is 0.481 e. The number of aliphatic carboxylic acids is 1. The number of halogens is 3. The lowest BCUT2D eigenvalue weighted by atomic mass is 9.97. The van der Waals surface area contributed by atoms with Crippen molar-refractivity contribution in [2.24, 2.45) is 11.7 Å². The number of alkyl halides is 3. The van der Waals surface area contributed by atoms with E-state index >= 15 is 0 Å². The number of carboxylic acids is 1. The van der Waals surface area contributed by atoms with E-state index in [-0.39, 0.29) is 19.4 Å². The summed E-state index contributed by atoms with van der Waals surface area (Å²) in [5.41, 5.74) is 5.35. The van der Waals surface area contributed by atoms with Crippen molar-refractivity contribution in [3.63, 3.8) is 0 Å². The third-order valence-corrected chi connectivity index (χ3v) is 2.91. The Morgan fingerprint density at radius 3 is 2.56 bits per heavy atom. The smallest absolute Gasteiger partial charge is 0.393 e. The molecule has 0 radical (unpaired) electrons. The van der Waals surface area contributed by atoms with Crippen molar-refractivity contribution < 1.29 is 27.9 Å². The van der Waals surface area contributed by atoms with Crippen LogP contribution in [0.15, 0.2) is 0 Å². The van der Waals surface area contributed by atoms with Gasteiger partial charge in [0.2, 0.25) is 5.91 Å². The van der Waals surface area contributed by atoms with Gasteiger partial charge in [-0.2, -0.15) is 13.2 Å². The molecular formula is C10H15F3N2O3. The molecule has 3 N–H and O–H groups in total. The maximum Gasteiger partial charge on any atom is 0.393 e. The molecule has 5 nitrogen and oxygen atoms in total. The summed E-state index contributed by atoms with van der Waals surface area (Å²) in [6.45, 7) is -0.242. The topological polar surface area (TPSA) is 83.6 Å². The zero-order valence-electron chi connectivity index (χ0n) is 9.61. The highest BCUT2D eigenvalue weighted by Crippen LogP contribution is 2.33. The van der Waals surface area contributed by atoms with E-state index in [1.54, 1.807) is 0 Å². The number of piperidine rings is 1. The Morgan fingerprint density at radius 1 is 1.44 bits per heavy atom. The Bertz CT molecular complexity index is 333. The van der Waals surface area contributed by atoms with Crippen molar-refractivity contribution in [2.45, 2.75) is 31.5 Å². The van der Waals surface area contributed by atoms with E-state index in [0.29, 0.717) is 0 Å². The molecule has 0 aromatic heterocycles. The minimum absolute atomic E-state index is 0.0125. The average molecular weight is 268 g/mol.